The van der Waals surface area contributed by atoms with Crippen molar-refractivity contribution in [3.05, 3.63) is 81.8 Å². The number of aryl methyl sites for hydroxylation is 1. The molecule has 48 heavy (non-hydrogen) atoms. The molecule has 1 aliphatic rings. The molecule has 1 saturated heterocycles. The quantitative estimate of drug-likeness (QED) is 0.212. The number of carbonyl (C=O) groups is 3. The predicted molar refractivity (Wildman–Crippen MR) is 186 cm³/mol. The Hall–Kier alpha value is -3.65. The third-order valence-corrected chi connectivity index (χ3v) is 11.0. The van der Waals surface area contributed by atoms with Crippen LogP contribution in [0.1, 0.15) is 61.2 Å². The number of hydrogen-bond acceptors (Lipinski definition) is 8. The molecule has 1 fully saturated rings. The molecule has 260 valence electrons. The molecule has 3 aromatic rings. The van der Waals surface area contributed by atoms with E-state index in [0.717, 1.165) is 16.3 Å². The van der Waals surface area contributed by atoms with E-state index in [1.165, 1.54) is 46.8 Å². The van der Waals surface area contributed by atoms with Crippen LogP contribution in [0.25, 0.3) is 0 Å². The van der Waals surface area contributed by atoms with Gasteiger partial charge in [0.25, 0.3) is 0 Å². The van der Waals surface area contributed by atoms with Crippen LogP contribution in [-0.2, 0) is 27.8 Å². The number of urea groups is 1. The number of carbonyl (C=O) groups excluding carboxylic acids is 3. The number of aromatic nitrogens is 1. The summed E-state index contributed by atoms with van der Waals surface area (Å²) in [5.74, 6) is -0.887. The summed E-state index contributed by atoms with van der Waals surface area (Å²) in [7, 11) is -4.06. The molecule has 0 bridgehead atoms. The van der Waals surface area contributed by atoms with E-state index in [1.54, 1.807) is 9.80 Å². The van der Waals surface area contributed by atoms with Crippen molar-refractivity contribution in [3.8, 4) is 0 Å². The van der Waals surface area contributed by atoms with Gasteiger partial charge in [-0.1, -0.05) is 70.2 Å². The van der Waals surface area contributed by atoms with Crippen LogP contribution in [0.2, 0.25) is 0 Å². The minimum absolute atomic E-state index is 0.00813. The van der Waals surface area contributed by atoms with Crippen molar-refractivity contribution in [1.29, 1.82) is 0 Å². The van der Waals surface area contributed by atoms with Gasteiger partial charge in [0.1, 0.15) is 6.04 Å². The number of benzene rings is 2. The van der Waals surface area contributed by atoms with Crippen LogP contribution in [0, 0.1) is 18.8 Å². The molecule has 4 rings (SSSR count). The first-order chi connectivity index (χ1) is 22.7. The summed E-state index contributed by atoms with van der Waals surface area (Å²) in [5.41, 5.74) is 2.05. The zero-order chi connectivity index (χ0) is 35.2. The molecule has 0 spiro atoms. The highest BCUT2D eigenvalue weighted by Gasteiger charge is 2.40. The van der Waals surface area contributed by atoms with E-state index in [0.29, 0.717) is 25.2 Å². The number of hydrogen-bond donors (Lipinski definition) is 2. The van der Waals surface area contributed by atoms with Gasteiger partial charge in [-0.3, -0.25) is 9.59 Å². The summed E-state index contributed by atoms with van der Waals surface area (Å²) in [6.45, 7) is 11.9. The average Bonchev–Trinajstić information content (AvgIpc) is 3.61. The monoisotopic (exact) mass is 697 g/mol. The van der Waals surface area contributed by atoms with Crippen molar-refractivity contribution in [2.75, 3.05) is 26.2 Å². The van der Waals surface area contributed by atoms with Gasteiger partial charge < -0.3 is 20.2 Å². The Morgan fingerprint density at radius 2 is 1.69 bits per heavy atom. The van der Waals surface area contributed by atoms with E-state index in [4.69, 9.17) is 0 Å². The second-order valence-electron chi connectivity index (χ2n) is 13.1. The Morgan fingerprint density at radius 1 is 1.02 bits per heavy atom. The summed E-state index contributed by atoms with van der Waals surface area (Å²) in [6, 6.07) is 13.2. The maximum Gasteiger partial charge on any atom is 0.321 e. The summed E-state index contributed by atoms with van der Waals surface area (Å²) in [5, 5.41) is 17.6. The van der Waals surface area contributed by atoms with E-state index >= 15 is 0 Å². The van der Waals surface area contributed by atoms with Crippen molar-refractivity contribution in [2.45, 2.75) is 77.6 Å². The fourth-order valence-electron chi connectivity index (χ4n) is 5.93. The maximum absolute atomic E-state index is 14.1. The summed E-state index contributed by atoms with van der Waals surface area (Å²) >= 11 is 1.52. The SMILES string of the molecule is CC(=O)c1ccc(S(=O)(=O)N(CC(C)C)C[C@H](O)[C@H](Cc2ccccc2)NC(=O)[C@H](C(C)C)N2CCN(Cc3csc(C)n3)C2=O)cc1. The molecule has 2 heterocycles. The van der Waals surface area contributed by atoms with Gasteiger partial charge in [0.2, 0.25) is 15.9 Å². The minimum atomic E-state index is -4.06. The van der Waals surface area contributed by atoms with E-state index in [9.17, 15) is 27.9 Å². The second kappa shape index (κ2) is 16.2. The van der Waals surface area contributed by atoms with Crippen LogP contribution in [0.3, 0.4) is 0 Å². The van der Waals surface area contributed by atoms with Crippen molar-refractivity contribution in [2.24, 2.45) is 11.8 Å². The Bertz CT molecular complexity index is 1660. The van der Waals surface area contributed by atoms with E-state index in [1.807, 2.05) is 70.3 Å². The smallest absolute Gasteiger partial charge is 0.321 e. The van der Waals surface area contributed by atoms with Gasteiger partial charge in [-0.05, 0) is 49.8 Å². The zero-order valence-electron chi connectivity index (χ0n) is 28.5. The highest BCUT2D eigenvalue weighted by molar-refractivity contribution is 7.89. The third-order valence-electron chi connectivity index (χ3n) is 8.33. The second-order valence-corrected chi connectivity index (χ2v) is 16.1. The van der Waals surface area contributed by atoms with Gasteiger partial charge in [0, 0.05) is 37.1 Å². The molecule has 3 atom stereocenters. The lowest BCUT2D eigenvalue weighted by atomic mass is 9.97. The van der Waals surface area contributed by atoms with E-state index in [-0.39, 0.29) is 48.1 Å². The van der Waals surface area contributed by atoms with E-state index < -0.39 is 34.1 Å². The lowest BCUT2D eigenvalue weighted by molar-refractivity contribution is -0.128. The first-order valence-electron chi connectivity index (χ1n) is 16.3. The molecule has 0 saturated carbocycles. The first-order valence-corrected chi connectivity index (χ1v) is 18.6. The molecule has 0 radical (unpaired) electrons. The number of rotatable bonds is 16. The minimum Gasteiger partial charge on any atom is -0.390 e. The Balaban J connectivity index is 1.57. The Morgan fingerprint density at radius 3 is 2.25 bits per heavy atom. The number of ketones is 1. The fraction of sp³-hybridized carbons (Fsp3) is 0.486. The number of amides is 3. The van der Waals surface area contributed by atoms with Gasteiger partial charge in [-0.25, -0.2) is 18.2 Å². The van der Waals surface area contributed by atoms with Crippen molar-refractivity contribution in [1.82, 2.24) is 24.4 Å². The van der Waals surface area contributed by atoms with Crippen molar-refractivity contribution < 1.29 is 27.9 Å². The number of sulfonamides is 1. The maximum atomic E-state index is 14.1. The molecule has 2 aromatic carbocycles. The lowest BCUT2D eigenvalue weighted by Gasteiger charge is -2.34. The van der Waals surface area contributed by atoms with Crippen LogP contribution in [0.4, 0.5) is 4.79 Å². The lowest BCUT2D eigenvalue weighted by Crippen LogP contribution is -2.57. The third kappa shape index (κ3) is 9.28. The Kier molecular flexibility index (Phi) is 12.5. The molecular formula is C35H47N5O6S2. The molecule has 0 aliphatic carbocycles. The highest BCUT2D eigenvalue weighted by Crippen LogP contribution is 2.23. The average molecular weight is 698 g/mol. The van der Waals surface area contributed by atoms with Crippen LogP contribution in [0.5, 0.6) is 0 Å². The van der Waals surface area contributed by atoms with E-state index in [2.05, 4.69) is 10.3 Å². The molecule has 11 nitrogen and oxygen atoms in total. The van der Waals surface area contributed by atoms with Crippen molar-refractivity contribution >= 4 is 39.1 Å². The largest absolute Gasteiger partial charge is 0.390 e. The highest BCUT2D eigenvalue weighted by atomic mass is 32.2. The van der Waals surface area contributed by atoms with Gasteiger partial charge >= 0.3 is 6.03 Å². The number of nitrogens with one attached hydrogen (secondary N) is 1. The number of aliphatic hydroxyl groups excluding tert-OH is 1. The molecule has 3 amide bonds. The van der Waals surface area contributed by atoms with Crippen LogP contribution < -0.4 is 5.32 Å². The number of Topliss-reactive ketones (excluding diaryl/α,β-unsaturated/α-hetero) is 1. The van der Waals surface area contributed by atoms with Crippen LogP contribution in [0.15, 0.2) is 64.9 Å². The number of thiazole rings is 1. The van der Waals surface area contributed by atoms with Gasteiger partial charge in [0.05, 0.1) is 34.3 Å². The zero-order valence-corrected chi connectivity index (χ0v) is 30.1. The molecule has 13 heteroatoms. The predicted octanol–water partition coefficient (Wildman–Crippen LogP) is 4.35. The topological polar surface area (TPSA) is 140 Å². The Labute approximate surface area is 288 Å². The fourth-order valence-corrected chi connectivity index (χ4v) is 8.16. The summed E-state index contributed by atoms with van der Waals surface area (Å²) in [6.07, 6.45) is -1.05. The van der Waals surface area contributed by atoms with Crippen LogP contribution >= 0.6 is 11.3 Å². The summed E-state index contributed by atoms with van der Waals surface area (Å²) in [4.78, 5) is 47.1. The summed E-state index contributed by atoms with van der Waals surface area (Å²) < 4.78 is 28.9. The van der Waals surface area contributed by atoms with Gasteiger partial charge in [-0.2, -0.15) is 4.31 Å². The normalized spacial score (nSPS) is 15.8. The number of nitrogens with zero attached hydrogens (tertiary/aromatic N) is 4. The molecular weight excluding hydrogens is 651 g/mol. The number of aliphatic hydroxyl groups is 1. The molecule has 2 N–H and O–H groups in total. The van der Waals surface area contributed by atoms with Gasteiger partial charge in [0.15, 0.2) is 5.78 Å². The first kappa shape index (κ1) is 37.2. The van der Waals surface area contributed by atoms with Crippen LogP contribution in [-0.4, -0.2) is 94.7 Å². The molecule has 1 aromatic heterocycles. The molecule has 1 aliphatic heterocycles. The van der Waals surface area contributed by atoms with Crippen molar-refractivity contribution in [3.63, 3.8) is 0 Å². The standard InChI is InChI=1S/C35H47N5O6S2/c1-23(2)19-39(48(45,46)30-14-12-28(13-15-30)25(5)41)21-32(42)31(18-27-10-8-7-9-11-27)37-34(43)33(24(3)4)40-17-16-38(35(40)44)20-29-22-47-26(6)36-29/h7-15,22-24,31-33,42H,16-21H2,1-6H3,(H,37,43)/t31-,32-,33-/m0/s1. The molecule has 0 unspecified atom stereocenters. The van der Waals surface area contributed by atoms with Gasteiger partial charge in [-0.15, -0.1) is 11.3 Å².